The van der Waals surface area contributed by atoms with Gasteiger partial charge in [-0.05, 0) is 31.5 Å². The van der Waals surface area contributed by atoms with E-state index in [9.17, 15) is 0 Å². The smallest absolute Gasteiger partial charge is 0.123 e. The van der Waals surface area contributed by atoms with Crippen molar-refractivity contribution in [1.29, 1.82) is 0 Å². The molecule has 3 heteroatoms. The van der Waals surface area contributed by atoms with E-state index in [4.69, 9.17) is 4.74 Å². The van der Waals surface area contributed by atoms with Gasteiger partial charge in [0.2, 0.25) is 0 Å². The lowest BCUT2D eigenvalue weighted by molar-refractivity contribution is 0.403. The third-order valence-corrected chi connectivity index (χ3v) is 3.87. The van der Waals surface area contributed by atoms with Crippen LogP contribution in [0.1, 0.15) is 51.5 Å². The van der Waals surface area contributed by atoms with Gasteiger partial charge < -0.3 is 10.1 Å². The van der Waals surface area contributed by atoms with E-state index >= 15 is 0 Å². The summed E-state index contributed by atoms with van der Waals surface area (Å²) in [6.07, 6.45) is 6.57. The van der Waals surface area contributed by atoms with E-state index in [2.05, 4.69) is 41.2 Å². The van der Waals surface area contributed by atoms with Crippen molar-refractivity contribution in [2.75, 3.05) is 7.11 Å². The van der Waals surface area contributed by atoms with Gasteiger partial charge in [0.05, 0.1) is 7.11 Å². The first-order valence-electron chi connectivity index (χ1n) is 7.23. The first-order valence-corrected chi connectivity index (χ1v) is 8.02. The number of rotatable bonds is 9. The van der Waals surface area contributed by atoms with Crippen LogP contribution >= 0.6 is 15.9 Å². The molecule has 1 aromatic carbocycles. The molecule has 1 unspecified atom stereocenters. The van der Waals surface area contributed by atoms with Crippen LogP contribution in [-0.2, 0) is 6.54 Å². The molecule has 0 bridgehead atoms. The normalized spacial score (nSPS) is 12.4. The third kappa shape index (κ3) is 6.44. The summed E-state index contributed by atoms with van der Waals surface area (Å²) >= 11 is 3.51. The van der Waals surface area contributed by atoms with E-state index < -0.39 is 0 Å². The summed E-state index contributed by atoms with van der Waals surface area (Å²) in [4.78, 5) is 0. The maximum absolute atomic E-state index is 5.38. The molecule has 0 radical (unpaired) electrons. The number of hydrogen-bond donors (Lipinski definition) is 1. The minimum absolute atomic E-state index is 0.556. The molecule has 108 valence electrons. The van der Waals surface area contributed by atoms with Gasteiger partial charge in [0.25, 0.3) is 0 Å². The maximum Gasteiger partial charge on any atom is 0.123 e. The molecule has 0 heterocycles. The van der Waals surface area contributed by atoms with Crippen LogP contribution in [0.25, 0.3) is 0 Å². The molecule has 1 N–H and O–H groups in total. The summed E-state index contributed by atoms with van der Waals surface area (Å²) in [5, 5.41) is 3.58. The van der Waals surface area contributed by atoms with Crippen molar-refractivity contribution in [2.45, 2.75) is 58.5 Å². The molecule has 0 spiro atoms. The van der Waals surface area contributed by atoms with E-state index in [-0.39, 0.29) is 0 Å². The van der Waals surface area contributed by atoms with Crippen LogP contribution < -0.4 is 10.1 Å². The predicted octanol–water partition coefficient (Wildman–Crippen LogP) is 4.91. The van der Waals surface area contributed by atoms with Gasteiger partial charge in [-0.3, -0.25) is 0 Å². The highest BCUT2D eigenvalue weighted by atomic mass is 79.9. The lowest BCUT2D eigenvalue weighted by Gasteiger charge is -2.15. The summed E-state index contributed by atoms with van der Waals surface area (Å²) in [5.41, 5.74) is 1.21. The zero-order chi connectivity index (χ0) is 14.1. The van der Waals surface area contributed by atoms with Crippen LogP contribution in [0, 0.1) is 0 Å². The second-order valence-corrected chi connectivity index (χ2v) is 6.00. The average molecular weight is 328 g/mol. The van der Waals surface area contributed by atoms with E-state index in [0.29, 0.717) is 6.04 Å². The van der Waals surface area contributed by atoms with Crippen molar-refractivity contribution >= 4 is 15.9 Å². The monoisotopic (exact) mass is 327 g/mol. The second kappa shape index (κ2) is 9.38. The molecule has 0 aliphatic carbocycles. The van der Waals surface area contributed by atoms with Crippen LogP contribution in [0.3, 0.4) is 0 Å². The van der Waals surface area contributed by atoms with E-state index in [1.807, 2.05) is 12.1 Å². The highest BCUT2D eigenvalue weighted by molar-refractivity contribution is 9.10. The van der Waals surface area contributed by atoms with Gasteiger partial charge in [-0.2, -0.15) is 0 Å². The van der Waals surface area contributed by atoms with Crippen molar-refractivity contribution in [3.8, 4) is 5.75 Å². The van der Waals surface area contributed by atoms with E-state index in [1.165, 1.54) is 37.7 Å². The Hall–Kier alpha value is -0.540. The minimum Gasteiger partial charge on any atom is -0.496 e. The van der Waals surface area contributed by atoms with E-state index in [1.54, 1.807) is 7.11 Å². The molecule has 0 amide bonds. The van der Waals surface area contributed by atoms with Crippen molar-refractivity contribution in [2.24, 2.45) is 0 Å². The topological polar surface area (TPSA) is 21.3 Å². The van der Waals surface area contributed by atoms with Crippen LogP contribution in [0.5, 0.6) is 5.75 Å². The molecule has 0 aliphatic heterocycles. The Morgan fingerprint density at radius 3 is 2.74 bits per heavy atom. The molecule has 0 fully saturated rings. The predicted molar refractivity (Wildman–Crippen MR) is 85.8 cm³/mol. The zero-order valence-electron chi connectivity index (χ0n) is 12.3. The first kappa shape index (κ1) is 16.5. The standard InChI is InChI=1S/C16H26BrNO/c1-4-5-6-7-8-13(2)18-12-14-11-15(17)9-10-16(14)19-3/h9-11,13,18H,4-8,12H2,1-3H3. The minimum atomic E-state index is 0.556. The molecule has 0 saturated heterocycles. The molecule has 1 aromatic rings. The molecule has 0 saturated carbocycles. The molecular weight excluding hydrogens is 302 g/mol. The maximum atomic E-state index is 5.38. The van der Waals surface area contributed by atoms with Gasteiger partial charge in [-0.25, -0.2) is 0 Å². The SMILES string of the molecule is CCCCCCC(C)NCc1cc(Br)ccc1OC. The van der Waals surface area contributed by atoms with Gasteiger partial charge in [-0.15, -0.1) is 0 Å². The van der Waals surface area contributed by atoms with Gasteiger partial charge in [-0.1, -0.05) is 48.5 Å². The molecule has 0 aromatic heterocycles. The Balaban J connectivity index is 2.36. The summed E-state index contributed by atoms with van der Waals surface area (Å²) in [6, 6.07) is 6.69. The van der Waals surface area contributed by atoms with Crippen molar-refractivity contribution < 1.29 is 4.74 Å². The largest absolute Gasteiger partial charge is 0.496 e. The highest BCUT2D eigenvalue weighted by Gasteiger charge is 2.06. The zero-order valence-corrected chi connectivity index (χ0v) is 13.9. The summed E-state index contributed by atoms with van der Waals surface area (Å²) in [6.45, 7) is 5.37. The van der Waals surface area contributed by atoms with Gasteiger partial charge in [0.15, 0.2) is 0 Å². The lowest BCUT2D eigenvalue weighted by atomic mass is 10.1. The summed E-state index contributed by atoms with van der Waals surface area (Å²) < 4.78 is 6.48. The fourth-order valence-corrected chi connectivity index (χ4v) is 2.56. The Morgan fingerprint density at radius 1 is 1.26 bits per heavy atom. The molecule has 19 heavy (non-hydrogen) atoms. The van der Waals surface area contributed by atoms with Gasteiger partial charge in [0.1, 0.15) is 5.75 Å². The van der Waals surface area contributed by atoms with Crippen molar-refractivity contribution in [1.82, 2.24) is 5.32 Å². The quantitative estimate of drug-likeness (QED) is 0.651. The molecule has 0 aliphatic rings. The number of ether oxygens (including phenoxy) is 1. The Morgan fingerprint density at radius 2 is 2.05 bits per heavy atom. The second-order valence-electron chi connectivity index (χ2n) is 5.09. The summed E-state index contributed by atoms with van der Waals surface area (Å²) in [5.74, 6) is 0.953. The fraction of sp³-hybridized carbons (Fsp3) is 0.625. The summed E-state index contributed by atoms with van der Waals surface area (Å²) in [7, 11) is 1.72. The third-order valence-electron chi connectivity index (χ3n) is 3.37. The van der Waals surface area contributed by atoms with E-state index in [0.717, 1.165) is 16.8 Å². The fourth-order valence-electron chi connectivity index (χ4n) is 2.15. The van der Waals surface area contributed by atoms with Crippen molar-refractivity contribution in [3.05, 3.63) is 28.2 Å². The molecule has 2 nitrogen and oxygen atoms in total. The molecule has 1 rings (SSSR count). The Kier molecular flexibility index (Phi) is 8.15. The highest BCUT2D eigenvalue weighted by Crippen LogP contribution is 2.23. The number of hydrogen-bond acceptors (Lipinski definition) is 2. The first-order chi connectivity index (χ1) is 9.17. The number of benzene rings is 1. The van der Waals surface area contributed by atoms with Crippen LogP contribution in [0.2, 0.25) is 0 Å². The van der Waals surface area contributed by atoms with Crippen molar-refractivity contribution in [3.63, 3.8) is 0 Å². The van der Waals surface area contributed by atoms with Crippen LogP contribution in [0.4, 0.5) is 0 Å². The van der Waals surface area contributed by atoms with Gasteiger partial charge >= 0.3 is 0 Å². The number of methoxy groups -OCH3 is 1. The Labute approximate surface area is 126 Å². The molecular formula is C16H26BrNO. The molecule has 1 atom stereocenters. The average Bonchev–Trinajstić information content (AvgIpc) is 2.41. The lowest BCUT2D eigenvalue weighted by Crippen LogP contribution is -2.25. The number of unbranched alkanes of at least 4 members (excludes halogenated alkanes) is 3. The van der Waals surface area contributed by atoms with Crippen LogP contribution in [0.15, 0.2) is 22.7 Å². The Bertz CT molecular complexity index is 368. The number of nitrogens with one attached hydrogen (secondary N) is 1. The van der Waals surface area contributed by atoms with Gasteiger partial charge in [0, 0.05) is 22.6 Å². The van der Waals surface area contributed by atoms with Crippen LogP contribution in [-0.4, -0.2) is 13.2 Å². The number of halogens is 1.